The first-order chi connectivity index (χ1) is 12.7. The summed E-state index contributed by atoms with van der Waals surface area (Å²) in [7, 11) is 0. The van der Waals surface area contributed by atoms with E-state index in [1.165, 1.54) is 6.07 Å². The molecule has 26 heavy (non-hydrogen) atoms. The number of rotatable bonds is 6. The zero-order valence-corrected chi connectivity index (χ0v) is 15.2. The topological polar surface area (TPSA) is 32.8 Å². The Hall–Kier alpha value is -2.40. The molecular formula is C21H25FN2O2. The summed E-state index contributed by atoms with van der Waals surface area (Å²) < 4.78 is 18.8. The number of carbonyl (C=O) groups excluding carboxylic acids is 1. The van der Waals surface area contributed by atoms with Crippen LogP contribution in [0.2, 0.25) is 0 Å². The van der Waals surface area contributed by atoms with Crippen molar-refractivity contribution in [1.82, 2.24) is 9.80 Å². The average Bonchev–Trinajstić information content (AvgIpc) is 2.67. The van der Waals surface area contributed by atoms with Crippen LogP contribution < -0.4 is 4.74 Å². The van der Waals surface area contributed by atoms with Gasteiger partial charge < -0.3 is 9.64 Å². The summed E-state index contributed by atoms with van der Waals surface area (Å²) in [5, 5.41) is 0. The Bertz CT molecular complexity index is 725. The summed E-state index contributed by atoms with van der Waals surface area (Å²) in [6.45, 7) is 6.40. The van der Waals surface area contributed by atoms with Crippen molar-refractivity contribution in [3.05, 3.63) is 65.5 Å². The van der Waals surface area contributed by atoms with Gasteiger partial charge in [0.15, 0.2) is 0 Å². The molecule has 0 bridgehead atoms. The second-order valence-electron chi connectivity index (χ2n) is 6.57. The smallest absolute Gasteiger partial charge is 0.253 e. The highest BCUT2D eigenvalue weighted by Crippen LogP contribution is 2.16. The normalized spacial score (nSPS) is 15.1. The molecule has 4 nitrogen and oxygen atoms in total. The maximum Gasteiger partial charge on any atom is 0.253 e. The van der Waals surface area contributed by atoms with Crippen LogP contribution in [0.5, 0.6) is 5.75 Å². The lowest BCUT2D eigenvalue weighted by molar-refractivity contribution is 0.0628. The van der Waals surface area contributed by atoms with Crippen LogP contribution >= 0.6 is 0 Å². The minimum atomic E-state index is -0.206. The van der Waals surface area contributed by atoms with Gasteiger partial charge in [0, 0.05) is 38.3 Å². The molecule has 1 amide bonds. The SMILES string of the molecule is CCCOc1ccc(C(=O)N2CCN(Cc3cccc(F)c3)CC2)cc1. The lowest BCUT2D eigenvalue weighted by atomic mass is 10.1. The third-order valence-corrected chi connectivity index (χ3v) is 4.53. The summed E-state index contributed by atoms with van der Waals surface area (Å²) in [5.74, 6) is 0.642. The quantitative estimate of drug-likeness (QED) is 0.793. The van der Waals surface area contributed by atoms with Gasteiger partial charge in [-0.15, -0.1) is 0 Å². The number of carbonyl (C=O) groups is 1. The van der Waals surface area contributed by atoms with Crippen molar-refractivity contribution < 1.29 is 13.9 Å². The number of nitrogens with zero attached hydrogens (tertiary/aromatic N) is 2. The van der Waals surface area contributed by atoms with Gasteiger partial charge in [0.2, 0.25) is 0 Å². The van der Waals surface area contributed by atoms with E-state index in [0.717, 1.165) is 30.8 Å². The lowest BCUT2D eigenvalue weighted by Gasteiger charge is -2.34. The molecule has 1 heterocycles. The molecule has 0 atom stereocenters. The first-order valence-corrected chi connectivity index (χ1v) is 9.14. The molecule has 0 saturated carbocycles. The summed E-state index contributed by atoms with van der Waals surface area (Å²) in [5.41, 5.74) is 1.65. The largest absolute Gasteiger partial charge is 0.494 e. The summed E-state index contributed by atoms with van der Waals surface area (Å²) in [6, 6.07) is 14.0. The molecule has 2 aromatic carbocycles. The van der Waals surface area contributed by atoms with Crippen LogP contribution in [0.1, 0.15) is 29.3 Å². The lowest BCUT2D eigenvalue weighted by Crippen LogP contribution is -2.48. The molecular weight excluding hydrogens is 331 g/mol. The van der Waals surface area contributed by atoms with Gasteiger partial charge in [0.25, 0.3) is 5.91 Å². The second-order valence-corrected chi connectivity index (χ2v) is 6.57. The van der Waals surface area contributed by atoms with Gasteiger partial charge in [-0.25, -0.2) is 4.39 Å². The molecule has 1 fully saturated rings. The highest BCUT2D eigenvalue weighted by Gasteiger charge is 2.22. The van der Waals surface area contributed by atoms with Crippen molar-refractivity contribution in [2.75, 3.05) is 32.8 Å². The van der Waals surface area contributed by atoms with Gasteiger partial charge in [-0.05, 0) is 48.4 Å². The van der Waals surface area contributed by atoms with E-state index in [4.69, 9.17) is 4.74 Å². The van der Waals surface area contributed by atoms with Crippen molar-refractivity contribution in [1.29, 1.82) is 0 Å². The fourth-order valence-electron chi connectivity index (χ4n) is 3.10. The number of halogens is 1. The molecule has 0 N–H and O–H groups in total. The summed E-state index contributed by atoms with van der Waals surface area (Å²) in [4.78, 5) is 16.8. The fraction of sp³-hybridized carbons (Fsp3) is 0.381. The van der Waals surface area contributed by atoms with E-state index in [2.05, 4.69) is 11.8 Å². The van der Waals surface area contributed by atoms with Crippen molar-refractivity contribution in [2.45, 2.75) is 19.9 Å². The Morgan fingerprint density at radius 3 is 2.46 bits per heavy atom. The van der Waals surface area contributed by atoms with Gasteiger partial charge in [-0.1, -0.05) is 19.1 Å². The molecule has 3 rings (SSSR count). The van der Waals surface area contributed by atoms with E-state index < -0.39 is 0 Å². The third-order valence-electron chi connectivity index (χ3n) is 4.53. The van der Waals surface area contributed by atoms with Crippen LogP contribution in [0, 0.1) is 5.82 Å². The highest BCUT2D eigenvalue weighted by molar-refractivity contribution is 5.94. The molecule has 0 unspecified atom stereocenters. The molecule has 1 aliphatic heterocycles. The van der Waals surface area contributed by atoms with E-state index in [-0.39, 0.29) is 11.7 Å². The summed E-state index contributed by atoms with van der Waals surface area (Å²) in [6.07, 6.45) is 0.959. The highest BCUT2D eigenvalue weighted by atomic mass is 19.1. The maximum absolute atomic E-state index is 13.3. The molecule has 0 aliphatic carbocycles. The minimum absolute atomic E-state index is 0.0532. The number of hydrogen-bond acceptors (Lipinski definition) is 3. The van der Waals surface area contributed by atoms with Gasteiger partial charge in [0.05, 0.1) is 6.61 Å². The van der Waals surface area contributed by atoms with E-state index in [1.807, 2.05) is 35.2 Å². The zero-order chi connectivity index (χ0) is 18.4. The number of benzene rings is 2. The monoisotopic (exact) mass is 356 g/mol. The van der Waals surface area contributed by atoms with Crippen LogP contribution in [0.4, 0.5) is 4.39 Å². The maximum atomic E-state index is 13.3. The Kier molecular flexibility index (Phi) is 6.23. The van der Waals surface area contributed by atoms with Crippen molar-refractivity contribution in [3.63, 3.8) is 0 Å². The van der Waals surface area contributed by atoms with Gasteiger partial charge in [0.1, 0.15) is 11.6 Å². The van der Waals surface area contributed by atoms with Crippen LogP contribution in [0.15, 0.2) is 48.5 Å². The Morgan fingerprint density at radius 2 is 1.81 bits per heavy atom. The predicted octanol–water partition coefficient (Wildman–Crippen LogP) is 3.57. The van der Waals surface area contributed by atoms with Crippen LogP contribution in [0.25, 0.3) is 0 Å². The van der Waals surface area contributed by atoms with Crippen molar-refractivity contribution in [3.8, 4) is 5.75 Å². The Balaban J connectivity index is 1.51. The van der Waals surface area contributed by atoms with Gasteiger partial charge in [-0.2, -0.15) is 0 Å². The molecule has 1 saturated heterocycles. The van der Waals surface area contributed by atoms with Crippen molar-refractivity contribution in [2.24, 2.45) is 0 Å². The van der Waals surface area contributed by atoms with Gasteiger partial charge >= 0.3 is 0 Å². The Labute approximate surface area is 154 Å². The average molecular weight is 356 g/mol. The Morgan fingerprint density at radius 1 is 1.08 bits per heavy atom. The molecule has 5 heteroatoms. The second kappa shape index (κ2) is 8.81. The van der Waals surface area contributed by atoms with E-state index in [1.54, 1.807) is 12.1 Å². The fourth-order valence-corrected chi connectivity index (χ4v) is 3.10. The third kappa shape index (κ3) is 4.82. The van der Waals surface area contributed by atoms with E-state index in [9.17, 15) is 9.18 Å². The first kappa shape index (κ1) is 18.4. The van der Waals surface area contributed by atoms with E-state index in [0.29, 0.717) is 31.8 Å². The number of ether oxygens (including phenoxy) is 1. The minimum Gasteiger partial charge on any atom is -0.494 e. The molecule has 0 spiro atoms. The first-order valence-electron chi connectivity index (χ1n) is 9.14. The van der Waals surface area contributed by atoms with Crippen LogP contribution in [-0.4, -0.2) is 48.5 Å². The molecule has 2 aromatic rings. The number of hydrogen-bond donors (Lipinski definition) is 0. The molecule has 0 radical (unpaired) electrons. The summed E-state index contributed by atoms with van der Waals surface area (Å²) >= 11 is 0. The standard InChI is InChI=1S/C21H25FN2O2/c1-2-14-26-20-8-6-18(7-9-20)21(25)24-12-10-23(11-13-24)16-17-4-3-5-19(22)15-17/h3-9,15H,2,10-14,16H2,1H3. The number of piperazine rings is 1. The van der Waals surface area contributed by atoms with Crippen LogP contribution in [0.3, 0.4) is 0 Å². The predicted molar refractivity (Wildman–Crippen MR) is 99.8 cm³/mol. The van der Waals surface area contributed by atoms with Gasteiger partial charge in [-0.3, -0.25) is 9.69 Å². The molecule has 1 aliphatic rings. The van der Waals surface area contributed by atoms with Crippen LogP contribution in [-0.2, 0) is 6.54 Å². The number of amides is 1. The molecule has 138 valence electrons. The zero-order valence-electron chi connectivity index (χ0n) is 15.2. The van der Waals surface area contributed by atoms with Crippen molar-refractivity contribution >= 4 is 5.91 Å². The molecule has 0 aromatic heterocycles. The van der Waals surface area contributed by atoms with E-state index >= 15 is 0 Å².